The van der Waals surface area contributed by atoms with E-state index < -0.39 is 5.41 Å². The summed E-state index contributed by atoms with van der Waals surface area (Å²) >= 11 is 0. The van der Waals surface area contributed by atoms with Gasteiger partial charge in [0, 0.05) is 27.6 Å². The van der Waals surface area contributed by atoms with Crippen molar-refractivity contribution in [3.05, 3.63) is 277 Å². The van der Waals surface area contributed by atoms with Gasteiger partial charge < -0.3 is 9.47 Å². The highest BCUT2D eigenvalue weighted by Crippen LogP contribution is 2.63. The van der Waals surface area contributed by atoms with Crippen molar-refractivity contribution in [2.45, 2.75) is 5.41 Å². The molecule has 15 rings (SSSR count). The highest BCUT2D eigenvalue weighted by molar-refractivity contribution is 6.14. The highest BCUT2D eigenvalue weighted by Gasteiger charge is 2.51. The summed E-state index contributed by atoms with van der Waals surface area (Å²) in [6.45, 7) is 0. The minimum atomic E-state index is -0.586. The molecule has 0 fully saturated rings. The summed E-state index contributed by atoms with van der Waals surface area (Å²) in [6.07, 6.45) is 0. The number of fused-ring (bicyclic) bond motifs is 16. The Kier molecular flexibility index (Phi) is 8.02. The predicted octanol–water partition coefficient (Wildman–Crippen LogP) is 17.7. The molecule has 2 nitrogen and oxygen atoms in total. The van der Waals surface area contributed by atoms with Gasteiger partial charge in [0.05, 0.1) is 33.5 Å². The molecule has 0 radical (unpaired) electrons. The zero-order valence-corrected chi connectivity index (χ0v) is 37.6. The summed E-state index contributed by atoms with van der Waals surface area (Å²) in [4.78, 5) is 2.56. The van der Waals surface area contributed by atoms with E-state index in [9.17, 15) is 0 Å². The zero-order valence-electron chi connectivity index (χ0n) is 37.6. The molecule has 320 valence electrons. The Hall–Kier alpha value is -8.98. The molecule has 0 bridgehead atoms. The number of nitrogens with zero attached hydrogens (tertiary/aromatic N) is 2. The molecule has 0 saturated heterocycles. The Morgan fingerprint density at radius 3 is 1.71 bits per heavy atom. The molecule has 2 aliphatic rings. The van der Waals surface area contributed by atoms with Crippen LogP contribution in [0.25, 0.3) is 93.2 Å². The minimum Gasteiger partial charge on any atom is -0.309 e. The van der Waals surface area contributed by atoms with Crippen LogP contribution in [0.2, 0.25) is 0 Å². The second-order valence-corrected chi connectivity index (χ2v) is 18.7. The predicted molar refractivity (Wildman–Crippen MR) is 290 cm³/mol. The fourth-order valence-electron chi connectivity index (χ4n) is 12.6. The first-order valence-corrected chi connectivity index (χ1v) is 24.0. The molecule has 13 aromatic rings. The van der Waals surface area contributed by atoms with E-state index in [2.05, 4.69) is 264 Å². The third kappa shape index (κ3) is 5.20. The van der Waals surface area contributed by atoms with Crippen LogP contribution in [-0.4, -0.2) is 4.57 Å². The van der Waals surface area contributed by atoms with E-state index in [-0.39, 0.29) is 0 Å². The zero-order chi connectivity index (χ0) is 45.2. The highest BCUT2D eigenvalue weighted by atomic mass is 15.1. The SMILES string of the molecule is c1ccc(-c2cccc3ccccc23)c(-c2ccccc2N(c2ccc3c(ccc4ccccc43)c2)c2cccc3c2-c2ccccc2C32c3ccccc3-n3c4ccccc4c4cccc2c43)c1. The average Bonchev–Trinajstić information content (AvgIpc) is 3.92. The van der Waals surface area contributed by atoms with Crippen LogP contribution >= 0.6 is 0 Å². The summed E-state index contributed by atoms with van der Waals surface area (Å²) in [6, 6.07) is 95.2. The molecule has 1 atom stereocenters. The lowest BCUT2D eigenvalue weighted by Gasteiger charge is -2.39. The van der Waals surface area contributed by atoms with Crippen molar-refractivity contribution in [1.82, 2.24) is 4.57 Å². The molecule has 0 saturated carbocycles. The summed E-state index contributed by atoms with van der Waals surface area (Å²) in [5, 5.41) is 9.99. The van der Waals surface area contributed by atoms with Crippen LogP contribution in [0.1, 0.15) is 22.3 Å². The van der Waals surface area contributed by atoms with E-state index in [1.807, 2.05) is 0 Å². The number of benzene rings is 12. The van der Waals surface area contributed by atoms with Crippen molar-refractivity contribution in [1.29, 1.82) is 0 Å². The van der Waals surface area contributed by atoms with Gasteiger partial charge in [-0.05, 0) is 113 Å². The maximum absolute atomic E-state index is 2.56. The fourth-order valence-corrected chi connectivity index (χ4v) is 12.6. The first-order chi connectivity index (χ1) is 34.3. The van der Waals surface area contributed by atoms with Gasteiger partial charge >= 0.3 is 0 Å². The van der Waals surface area contributed by atoms with E-state index in [1.54, 1.807) is 0 Å². The van der Waals surface area contributed by atoms with Crippen molar-refractivity contribution < 1.29 is 0 Å². The van der Waals surface area contributed by atoms with E-state index in [0.717, 1.165) is 22.6 Å². The molecule has 2 heterocycles. The first-order valence-electron chi connectivity index (χ1n) is 24.0. The van der Waals surface area contributed by atoms with Crippen LogP contribution in [0.15, 0.2) is 255 Å². The van der Waals surface area contributed by atoms with Crippen LogP contribution in [0.4, 0.5) is 17.1 Å². The van der Waals surface area contributed by atoms with Crippen molar-refractivity contribution in [3.63, 3.8) is 0 Å². The van der Waals surface area contributed by atoms with Gasteiger partial charge in [-0.25, -0.2) is 0 Å². The van der Waals surface area contributed by atoms with Crippen molar-refractivity contribution in [2.75, 3.05) is 4.90 Å². The number of hydrogen-bond acceptors (Lipinski definition) is 1. The normalized spacial score (nSPS) is 14.4. The number of para-hydroxylation sites is 4. The Balaban J connectivity index is 1.05. The molecule has 1 aromatic heterocycles. The molecule has 1 unspecified atom stereocenters. The number of hydrogen-bond donors (Lipinski definition) is 0. The molecular formula is C67H42N2. The van der Waals surface area contributed by atoms with E-state index in [1.165, 1.54) is 110 Å². The average molecular weight is 875 g/mol. The van der Waals surface area contributed by atoms with E-state index in [0.29, 0.717) is 0 Å². The Labute approximate surface area is 400 Å². The maximum Gasteiger partial charge on any atom is 0.0755 e. The van der Waals surface area contributed by atoms with Gasteiger partial charge in [-0.2, -0.15) is 0 Å². The Bertz CT molecular complexity index is 4280. The number of aromatic nitrogens is 1. The second kappa shape index (κ2) is 14.5. The van der Waals surface area contributed by atoms with Gasteiger partial charge in [0.25, 0.3) is 0 Å². The van der Waals surface area contributed by atoms with Gasteiger partial charge in [0.2, 0.25) is 0 Å². The molecule has 12 aromatic carbocycles. The van der Waals surface area contributed by atoms with Crippen LogP contribution < -0.4 is 4.90 Å². The molecule has 1 spiro atoms. The van der Waals surface area contributed by atoms with Gasteiger partial charge in [-0.15, -0.1) is 0 Å². The molecule has 2 heteroatoms. The molecule has 1 aliphatic heterocycles. The summed E-state index contributed by atoms with van der Waals surface area (Å²) in [5.41, 5.74) is 19.0. The molecule has 0 amide bonds. The van der Waals surface area contributed by atoms with E-state index >= 15 is 0 Å². The number of anilines is 3. The van der Waals surface area contributed by atoms with Crippen LogP contribution in [0.3, 0.4) is 0 Å². The molecule has 69 heavy (non-hydrogen) atoms. The molecule has 1 aliphatic carbocycles. The van der Waals surface area contributed by atoms with Crippen molar-refractivity contribution in [3.8, 4) is 39.1 Å². The number of rotatable bonds is 5. The van der Waals surface area contributed by atoms with Crippen LogP contribution in [0, 0.1) is 0 Å². The van der Waals surface area contributed by atoms with Gasteiger partial charge in [-0.3, -0.25) is 0 Å². The third-order valence-corrected chi connectivity index (χ3v) is 15.4. The van der Waals surface area contributed by atoms with E-state index in [4.69, 9.17) is 0 Å². The van der Waals surface area contributed by atoms with Crippen molar-refractivity contribution in [2.24, 2.45) is 0 Å². The lowest BCUT2D eigenvalue weighted by molar-refractivity contribution is 0.748. The fraction of sp³-hybridized carbons (Fsp3) is 0.0149. The summed E-state index contributed by atoms with van der Waals surface area (Å²) < 4.78 is 2.53. The van der Waals surface area contributed by atoms with Crippen LogP contribution in [-0.2, 0) is 5.41 Å². The standard InChI is InChI=1S/C67H42N2/c1-4-22-48-43(18-1)20-15-28-50(48)51-23-5-6-24-52(51)53-25-8-12-34-61(53)68(46-40-41-49-45(42-46)39-38-44-19-2-3-21-47(44)49)64-37-17-32-59-65(64)56-27-7-10-30-57(56)67(59)58-31-11-14-36-63(58)69-62-35-13-9-26-54(62)55-29-16-33-60(67)66(55)69/h1-42H. The largest absolute Gasteiger partial charge is 0.309 e. The van der Waals surface area contributed by atoms with Gasteiger partial charge in [-0.1, -0.05) is 218 Å². The quantitative estimate of drug-likeness (QED) is 0.156. The monoisotopic (exact) mass is 874 g/mol. The first kappa shape index (κ1) is 38.2. The Morgan fingerprint density at radius 2 is 0.841 bits per heavy atom. The second-order valence-electron chi connectivity index (χ2n) is 18.7. The lowest BCUT2D eigenvalue weighted by atomic mass is 9.65. The Morgan fingerprint density at radius 1 is 0.304 bits per heavy atom. The van der Waals surface area contributed by atoms with Gasteiger partial charge in [0.15, 0.2) is 0 Å². The van der Waals surface area contributed by atoms with Crippen LogP contribution in [0.5, 0.6) is 0 Å². The van der Waals surface area contributed by atoms with Crippen molar-refractivity contribution >= 4 is 71.2 Å². The third-order valence-electron chi connectivity index (χ3n) is 15.4. The maximum atomic E-state index is 2.56. The summed E-state index contributed by atoms with van der Waals surface area (Å²) in [5.74, 6) is 0. The molecule has 0 N–H and O–H groups in total. The van der Waals surface area contributed by atoms with Gasteiger partial charge in [0.1, 0.15) is 0 Å². The smallest absolute Gasteiger partial charge is 0.0755 e. The lowest BCUT2D eigenvalue weighted by Crippen LogP contribution is -2.33. The molecular weight excluding hydrogens is 833 g/mol. The topological polar surface area (TPSA) is 8.17 Å². The summed E-state index contributed by atoms with van der Waals surface area (Å²) in [7, 11) is 0. The minimum absolute atomic E-state index is 0.586.